The van der Waals surface area contributed by atoms with Crippen LogP contribution in [0.15, 0.2) is 24.3 Å². The Balaban J connectivity index is 1.81. The molecular weight excluding hydrogens is 320 g/mol. The van der Waals surface area contributed by atoms with E-state index in [-0.39, 0.29) is 5.91 Å². The average Bonchev–Trinajstić information content (AvgIpc) is 2.92. The lowest BCUT2D eigenvalue weighted by molar-refractivity contribution is 0.102. The predicted molar refractivity (Wildman–Crippen MR) is 95.8 cm³/mol. The molecule has 1 N–H and O–H groups in total. The smallest absolute Gasteiger partial charge is 0.256 e. The van der Waals surface area contributed by atoms with Crippen LogP contribution in [0.4, 0.5) is 5.00 Å². The highest BCUT2D eigenvalue weighted by Gasteiger charge is 2.24. The summed E-state index contributed by atoms with van der Waals surface area (Å²) in [5.41, 5.74) is 2.33. The van der Waals surface area contributed by atoms with E-state index in [0.29, 0.717) is 28.7 Å². The molecule has 0 radical (unpaired) electrons. The van der Waals surface area contributed by atoms with Gasteiger partial charge in [0.2, 0.25) is 0 Å². The van der Waals surface area contributed by atoms with Gasteiger partial charge in [0.15, 0.2) is 0 Å². The van der Waals surface area contributed by atoms with E-state index in [1.807, 2.05) is 6.92 Å². The summed E-state index contributed by atoms with van der Waals surface area (Å²) < 4.78 is 5.39. The number of aryl methyl sites for hydroxylation is 1. The number of benzene rings is 1. The summed E-state index contributed by atoms with van der Waals surface area (Å²) in [5, 5.41) is 13.1. The third-order valence-electron chi connectivity index (χ3n) is 4.27. The molecule has 0 aliphatic heterocycles. The molecule has 0 unspecified atom stereocenters. The number of fused-ring (bicyclic) bond motifs is 1. The second kappa shape index (κ2) is 7.06. The van der Waals surface area contributed by atoms with Crippen LogP contribution >= 0.6 is 11.3 Å². The molecule has 0 spiro atoms. The first kappa shape index (κ1) is 16.5. The maximum atomic E-state index is 12.5. The first-order chi connectivity index (χ1) is 11.6. The normalized spacial score (nSPS) is 16.1. The number of nitrogens with one attached hydrogen (secondary N) is 1. The zero-order chi connectivity index (χ0) is 17.1. The zero-order valence-electron chi connectivity index (χ0n) is 13.9. The maximum Gasteiger partial charge on any atom is 0.256 e. The van der Waals surface area contributed by atoms with E-state index in [9.17, 15) is 10.1 Å². The number of carbonyl (C=O) groups excluding carboxylic acids is 1. The monoisotopic (exact) mass is 340 g/mol. The van der Waals surface area contributed by atoms with Gasteiger partial charge in [-0.15, -0.1) is 11.3 Å². The van der Waals surface area contributed by atoms with Gasteiger partial charge in [-0.1, -0.05) is 6.92 Å². The van der Waals surface area contributed by atoms with E-state index in [0.717, 1.165) is 30.6 Å². The molecule has 4 nitrogen and oxygen atoms in total. The lowest BCUT2D eigenvalue weighted by Crippen LogP contribution is -2.12. The number of ether oxygens (including phenoxy) is 1. The van der Waals surface area contributed by atoms with Crippen molar-refractivity contribution < 1.29 is 9.53 Å². The van der Waals surface area contributed by atoms with Crippen LogP contribution < -0.4 is 10.1 Å². The molecule has 0 saturated carbocycles. The Hall–Kier alpha value is -2.32. The fourth-order valence-electron chi connectivity index (χ4n) is 3.01. The molecule has 1 aromatic carbocycles. The van der Waals surface area contributed by atoms with Crippen LogP contribution in [0.3, 0.4) is 0 Å². The van der Waals surface area contributed by atoms with Crippen LogP contribution in [0.25, 0.3) is 0 Å². The number of hydrogen-bond donors (Lipinski definition) is 1. The van der Waals surface area contributed by atoms with Gasteiger partial charge in [-0.25, -0.2) is 0 Å². The fourth-order valence-corrected chi connectivity index (χ4v) is 4.20. The molecule has 1 heterocycles. The van der Waals surface area contributed by atoms with Gasteiger partial charge in [-0.05, 0) is 61.9 Å². The molecule has 124 valence electrons. The highest BCUT2D eigenvalue weighted by atomic mass is 32.1. The summed E-state index contributed by atoms with van der Waals surface area (Å²) in [4.78, 5) is 13.7. The van der Waals surface area contributed by atoms with E-state index in [4.69, 9.17) is 4.74 Å². The zero-order valence-corrected chi connectivity index (χ0v) is 14.7. The summed E-state index contributed by atoms with van der Waals surface area (Å²) in [6, 6.07) is 9.32. The largest absolute Gasteiger partial charge is 0.494 e. The lowest BCUT2D eigenvalue weighted by Gasteiger charge is -2.17. The van der Waals surface area contributed by atoms with E-state index < -0.39 is 0 Å². The molecule has 1 aliphatic carbocycles. The van der Waals surface area contributed by atoms with E-state index in [2.05, 4.69) is 18.3 Å². The molecule has 1 atom stereocenters. The molecule has 1 aromatic heterocycles. The van der Waals surface area contributed by atoms with Gasteiger partial charge >= 0.3 is 0 Å². The number of thiophene rings is 1. The average molecular weight is 340 g/mol. The van der Waals surface area contributed by atoms with Gasteiger partial charge in [-0.2, -0.15) is 5.26 Å². The topological polar surface area (TPSA) is 62.1 Å². The van der Waals surface area contributed by atoms with E-state index in [1.54, 1.807) is 35.6 Å². The number of anilines is 1. The van der Waals surface area contributed by atoms with Gasteiger partial charge in [0.1, 0.15) is 16.8 Å². The van der Waals surface area contributed by atoms with Crippen LogP contribution in [0, 0.1) is 17.2 Å². The van der Waals surface area contributed by atoms with Crippen molar-refractivity contribution in [3.05, 3.63) is 45.8 Å². The Morgan fingerprint density at radius 3 is 2.83 bits per heavy atom. The van der Waals surface area contributed by atoms with Gasteiger partial charge in [0.05, 0.1) is 12.2 Å². The minimum atomic E-state index is -0.193. The Bertz CT molecular complexity index is 787. The summed E-state index contributed by atoms with van der Waals surface area (Å²) >= 11 is 1.54. The van der Waals surface area contributed by atoms with E-state index in [1.165, 1.54) is 4.88 Å². The summed E-state index contributed by atoms with van der Waals surface area (Å²) in [6.45, 7) is 4.72. The fraction of sp³-hybridized carbons (Fsp3) is 0.368. The van der Waals surface area contributed by atoms with Gasteiger partial charge < -0.3 is 10.1 Å². The van der Waals surface area contributed by atoms with Crippen molar-refractivity contribution >= 4 is 22.2 Å². The molecule has 24 heavy (non-hydrogen) atoms. The Morgan fingerprint density at radius 1 is 1.42 bits per heavy atom. The predicted octanol–water partition coefficient (Wildman–Crippen LogP) is 4.40. The number of nitrogens with zero attached hydrogens (tertiary/aromatic N) is 1. The molecular formula is C19H20N2O2S. The first-order valence-corrected chi connectivity index (χ1v) is 9.02. The minimum Gasteiger partial charge on any atom is -0.494 e. The number of carbonyl (C=O) groups is 1. The second-order valence-corrected chi connectivity index (χ2v) is 7.18. The van der Waals surface area contributed by atoms with Crippen molar-refractivity contribution in [3.8, 4) is 11.8 Å². The van der Waals surface area contributed by atoms with Crippen molar-refractivity contribution in [3.63, 3.8) is 0 Å². The highest BCUT2D eigenvalue weighted by molar-refractivity contribution is 7.16. The first-order valence-electron chi connectivity index (χ1n) is 8.21. The number of amides is 1. The molecule has 5 heteroatoms. The Morgan fingerprint density at radius 2 is 2.17 bits per heavy atom. The molecule has 1 amide bonds. The Kier molecular flexibility index (Phi) is 4.86. The molecule has 0 fully saturated rings. The van der Waals surface area contributed by atoms with Gasteiger partial charge in [0, 0.05) is 10.4 Å². The van der Waals surface area contributed by atoms with Crippen LogP contribution in [0.5, 0.6) is 5.75 Å². The van der Waals surface area contributed by atoms with Crippen molar-refractivity contribution in [1.82, 2.24) is 0 Å². The van der Waals surface area contributed by atoms with Crippen LogP contribution in [0.2, 0.25) is 0 Å². The van der Waals surface area contributed by atoms with Gasteiger partial charge in [-0.3, -0.25) is 4.79 Å². The quantitative estimate of drug-likeness (QED) is 0.897. The summed E-state index contributed by atoms with van der Waals surface area (Å²) in [5.74, 6) is 1.14. The molecule has 2 aromatic rings. The number of hydrogen-bond acceptors (Lipinski definition) is 4. The third-order valence-corrected chi connectivity index (χ3v) is 5.48. The highest BCUT2D eigenvalue weighted by Crippen LogP contribution is 2.39. The molecule has 1 aliphatic rings. The number of nitriles is 1. The van der Waals surface area contributed by atoms with Crippen LogP contribution in [0.1, 0.15) is 46.6 Å². The van der Waals surface area contributed by atoms with Crippen molar-refractivity contribution in [2.24, 2.45) is 5.92 Å². The SMILES string of the molecule is CCOc1ccc(C(=O)Nc2sc3c(c2C#N)C[C@H](C)CC3)cc1. The Labute approximate surface area is 146 Å². The van der Waals surface area contributed by atoms with Crippen molar-refractivity contribution in [2.75, 3.05) is 11.9 Å². The summed E-state index contributed by atoms with van der Waals surface area (Å²) in [7, 11) is 0. The van der Waals surface area contributed by atoms with E-state index >= 15 is 0 Å². The maximum absolute atomic E-state index is 12.5. The van der Waals surface area contributed by atoms with Gasteiger partial charge in [0.25, 0.3) is 5.91 Å². The standard InChI is InChI=1S/C19H20N2O2S/c1-3-23-14-7-5-13(6-8-14)18(22)21-19-16(11-20)15-10-12(2)4-9-17(15)24-19/h5-8,12H,3-4,9-10H2,1-2H3,(H,21,22)/t12-/m1/s1. The van der Waals surface area contributed by atoms with Crippen molar-refractivity contribution in [1.29, 1.82) is 5.26 Å². The molecule has 0 saturated heterocycles. The minimum absolute atomic E-state index is 0.193. The van der Waals surface area contributed by atoms with Crippen LogP contribution in [-0.2, 0) is 12.8 Å². The molecule has 0 bridgehead atoms. The molecule has 3 rings (SSSR count). The van der Waals surface area contributed by atoms with Crippen molar-refractivity contribution in [2.45, 2.75) is 33.1 Å². The summed E-state index contributed by atoms with van der Waals surface area (Å²) in [6.07, 6.45) is 3.06. The van der Waals surface area contributed by atoms with Crippen LogP contribution in [-0.4, -0.2) is 12.5 Å². The second-order valence-electron chi connectivity index (χ2n) is 6.08. The number of rotatable bonds is 4. The lowest BCUT2D eigenvalue weighted by atomic mass is 9.88. The third kappa shape index (κ3) is 3.29.